The van der Waals surface area contributed by atoms with Crippen LogP contribution in [0, 0.1) is 5.41 Å². The van der Waals surface area contributed by atoms with Crippen LogP contribution >= 0.6 is 11.3 Å². The molecule has 2 fully saturated rings. The molecule has 1 aliphatic carbocycles. The lowest BCUT2D eigenvalue weighted by molar-refractivity contribution is -0.138. The van der Waals surface area contributed by atoms with Gasteiger partial charge in [0, 0.05) is 12.0 Å². The number of carbonyl (C=O) groups excluding carboxylic acids is 1. The molecule has 5 nitrogen and oxygen atoms in total. The Bertz CT molecular complexity index is 788. The molecule has 2 amide bonds. The molecule has 1 aromatic carbocycles. The standard InChI is InChI=1S/C16H15F3N4OS/c17-16(18,19)12-21-22-13(25-12)20-14(24)23-9-15(7-4-8-15)11(23)10-5-2-1-3-6-10/h1-3,5-6,11H,4,7-9H2,(H,20,22,24). The van der Waals surface area contributed by atoms with Gasteiger partial charge >= 0.3 is 12.2 Å². The van der Waals surface area contributed by atoms with Crippen LogP contribution in [0.5, 0.6) is 0 Å². The number of nitrogens with one attached hydrogen (secondary N) is 1. The largest absolute Gasteiger partial charge is 0.445 e. The van der Waals surface area contributed by atoms with Crippen LogP contribution in [0.4, 0.5) is 23.1 Å². The summed E-state index contributed by atoms with van der Waals surface area (Å²) in [6.45, 7) is 0.614. The van der Waals surface area contributed by atoms with Crippen molar-refractivity contribution in [2.24, 2.45) is 5.41 Å². The Morgan fingerprint density at radius 3 is 2.52 bits per heavy atom. The highest BCUT2D eigenvalue weighted by molar-refractivity contribution is 7.15. The lowest BCUT2D eigenvalue weighted by atomic mass is 9.56. The van der Waals surface area contributed by atoms with E-state index in [1.165, 1.54) is 0 Å². The molecule has 4 rings (SSSR count). The Balaban J connectivity index is 1.51. The zero-order valence-corrected chi connectivity index (χ0v) is 13.9. The molecule has 1 aliphatic heterocycles. The normalized spacial score (nSPS) is 21.6. The molecule has 1 aromatic heterocycles. The molecule has 1 spiro atoms. The minimum absolute atomic E-state index is 0.0440. The second-order valence-electron chi connectivity index (χ2n) is 6.50. The first-order chi connectivity index (χ1) is 11.9. The van der Waals surface area contributed by atoms with Gasteiger partial charge in [-0.3, -0.25) is 5.32 Å². The Labute approximate surface area is 145 Å². The first-order valence-electron chi connectivity index (χ1n) is 7.92. The summed E-state index contributed by atoms with van der Waals surface area (Å²) >= 11 is 0.331. The van der Waals surface area contributed by atoms with Gasteiger partial charge in [-0.2, -0.15) is 13.2 Å². The highest BCUT2D eigenvalue weighted by atomic mass is 32.1. The Morgan fingerprint density at radius 1 is 1.24 bits per heavy atom. The first kappa shape index (κ1) is 16.3. The molecular formula is C16H15F3N4OS. The molecule has 9 heteroatoms. The maximum atomic E-state index is 12.6. The molecule has 1 saturated carbocycles. The lowest BCUT2D eigenvalue weighted by Gasteiger charge is -2.62. The van der Waals surface area contributed by atoms with Gasteiger partial charge < -0.3 is 4.90 Å². The number of alkyl halides is 3. The first-order valence-corrected chi connectivity index (χ1v) is 8.74. The van der Waals surface area contributed by atoms with Gasteiger partial charge in [0.1, 0.15) is 0 Å². The van der Waals surface area contributed by atoms with E-state index in [0.29, 0.717) is 17.9 Å². The van der Waals surface area contributed by atoms with Crippen LogP contribution in [-0.2, 0) is 6.18 Å². The second kappa shape index (κ2) is 5.69. The number of likely N-dealkylation sites (tertiary alicyclic amines) is 1. The number of hydrogen-bond acceptors (Lipinski definition) is 4. The van der Waals surface area contributed by atoms with E-state index in [0.717, 1.165) is 24.8 Å². The predicted molar refractivity (Wildman–Crippen MR) is 86.1 cm³/mol. The maximum absolute atomic E-state index is 12.6. The van der Waals surface area contributed by atoms with Crippen molar-refractivity contribution in [1.29, 1.82) is 0 Å². The number of hydrogen-bond donors (Lipinski definition) is 1. The summed E-state index contributed by atoms with van der Waals surface area (Å²) in [6, 6.07) is 9.26. The minimum Gasteiger partial charge on any atom is -0.316 e. The van der Waals surface area contributed by atoms with Crippen molar-refractivity contribution < 1.29 is 18.0 Å². The van der Waals surface area contributed by atoms with Crippen LogP contribution in [0.2, 0.25) is 0 Å². The predicted octanol–water partition coefficient (Wildman–Crippen LogP) is 4.32. The van der Waals surface area contributed by atoms with Crippen LogP contribution in [0.25, 0.3) is 0 Å². The van der Waals surface area contributed by atoms with Gasteiger partial charge in [-0.05, 0) is 18.4 Å². The van der Waals surface area contributed by atoms with Crippen LogP contribution in [-0.4, -0.2) is 27.7 Å². The SMILES string of the molecule is O=C(Nc1nnc(C(F)(F)F)s1)N1CC2(CCC2)C1c1ccccc1. The van der Waals surface area contributed by atoms with Crippen LogP contribution in [0.3, 0.4) is 0 Å². The Kier molecular flexibility index (Phi) is 3.71. The number of nitrogens with zero attached hydrogens (tertiary/aromatic N) is 3. The van der Waals surface area contributed by atoms with Crippen molar-refractivity contribution in [2.75, 3.05) is 11.9 Å². The Morgan fingerprint density at radius 2 is 1.96 bits per heavy atom. The van der Waals surface area contributed by atoms with Crippen LogP contribution in [0.1, 0.15) is 35.9 Å². The van der Waals surface area contributed by atoms with E-state index in [2.05, 4.69) is 15.5 Å². The highest BCUT2D eigenvalue weighted by Gasteiger charge is 2.58. The fourth-order valence-electron chi connectivity index (χ4n) is 3.71. The van der Waals surface area contributed by atoms with Gasteiger partial charge in [-0.1, -0.05) is 48.1 Å². The zero-order chi connectivity index (χ0) is 17.7. The fraction of sp³-hybridized carbons (Fsp3) is 0.438. The number of benzene rings is 1. The summed E-state index contributed by atoms with van der Waals surface area (Å²) in [5, 5.41) is 7.75. The third-order valence-electron chi connectivity index (χ3n) is 4.98. The third-order valence-corrected chi connectivity index (χ3v) is 5.87. The molecule has 1 unspecified atom stereocenters. The number of anilines is 1. The number of rotatable bonds is 2. The average Bonchev–Trinajstić information content (AvgIpc) is 2.94. The Hall–Kier alpha value is -2.16. The van der Waals surface area contributed by atoms with Gasteiger partial charge in [0.05, 0.1) is 6.04 Å². The van der Waals surface area contributed by atoms with Gasteiger partial charge in [0.25, 0.3) is 0 Å². The van der Waals surface area contributed by atoms with Gasteiger partial charge in [-0.15, -0.1) is 10.2 Å². The van der Waals surface area contributed by atoms with Crippen LogP contribution in [0.15, 0.2) is 30.3 Å². The molecule has 2 heterocycles. The quantitative estimate of drug-likeness (QED) is 0.859. The summed E-state index contributed by atoms with van der Waals surface area (Å²) in [7, 11) is 0. The molecule has 1 saturated heterocycles. The molecule has 1 atom stereocenters. The van der Waals surface area contributed by atoms with Gasteiger partial charge in [-0.25, -0.2) is 4.79 Å². The van der Waals surface area contributed by atoms with Gasteiger partial charge in [0.2, 0.25) is 10.1 Å². The van der Waals surface area contributed by atoms with Crippen molar-refractivity contribution >= 4 is 22.5 Å². The molecular weight excluding hydrogens is 353 g/mol. The number of carbonyl (C=O) groups is 1. The summed E-state index contributed by atoms with van der Waals surface area (Å²) in [5.41, 5.74) is 1.16. The molecule has 132 valence electrons. The topological polar surface area (TPSA) is 58.1 Å². The molecule has 0 bridgehead atoms. The molecule has 0 radical (unpaired) electrons. The number of aromatic nitrogens is 2. The van der Waals surface area contributed by atoms with Gasteiger partial charge in [0.15, 0.2) is 0 Å². The lowest BCUT2D eigenvalue weighted by Crippen LogP contribution is -2.64. The van der Waals surface area contributed by atoms with Crippen molar-refractivity contribution in [3.05, 3.63) is 40.9 Å². The minimum atomic E-state index is -4.56. The van der Waals surface area contributed by atoms with E-state index in [-0.39, 0.29) is 16.6 Å². The van der Waals surface area contributed by atoms with Crippen LogP contribution < -0.4 is 5.32 Å². The maximum Gasteiger partial charge on any atom is 0.445 e. The van der Waals surface area contributed by atoms with E-state index in [1.807, 2.05) is 30.3 Å². The monoisotopic (exact) mass is 368 g/mol. The summed E-state index contributed by atoms with van der Waals surface area (Å²) in [6.07, 6.45) is -1.29. The summed E-state index contributed by atoms with van der Waals surface area (Å²) in [4.78, 5) is 14.2. The molecule has 2 aromatic rings. The zero-order valence-electron chi connectivity index (χ0n) is 13.1. The summed E-state index contributed by atoms with van der Waals surface area (Å²) in [5.74, 6) is 0. The third kappa shape index (κ3) is 2.76. The van der Waals surface area contributed by atoms with Crippen molar-refractivity contribution in [2.45, 2.75) is 31.5 Å². The van der Waals surface area contributed by atoms with E-state index >= 15 is 0 Å². The fourth-order valence-corrected chi connectivity index (χ4v) is 4.31. The van der Waals surface area contributed by atoms with Crippen molar-refractivity contribution in [3.63, 3.8) is 0 Å². The number of amides is 2. The molecule has 25 heavy (non-hydrogen) atoms. The number of halogens is 3. The highest BCUT2D eigenvalue weighted by Crippen LogP contribution is 2.60. The average molecular weight is 368 g/mol. The van der Waals surface area contributed by atoms with E-state index < -0.39 is 17.2 Å². The second-order valence-corrected chi connectivity index (χ2v) is 7.47. The van der Waals surface area contributed by atoms with Crippen molar-refractivity contribution in [3.8, 4) is 0 Å². The smallest absolute Gasteiger partial charge is 0.316 e. The van der Waals surface area contributed by atoms with E-state index in [4.69, 9.17) is 0 Å². The molecule has 2 aliphatic rings. The van der Waals surface area contributed by atoms with Crippen molar-refractivity contribution in [1.82, 2.24) is 15.1 Å². The summed E-state index contributed by atoms with van der Waals surface area (Å²) < 4.78 is 37.8. The number of urea groups is 1. The van der Waals surface area contributed by atoms with E-state index in [1.54, 1.807) is 4.90 Å². The molecule has 1 N–H and O–H groups in total. The van der Waals surface area contributed by atoms with E-state index in [9.17, 15) is 18.0 Å².